The first-order chi connectivity index (χ1) is 10.8. The molecule has 0 fully saturated rings. The average molecular weight is 334 g/mol. The van der Waals surface area contributed by atoms with E-state index >= 15 is 0 Å². The summed E-state index contributed by atoms with van der Waals surface area (Å²) >= 11 is 0. The molecule has 0 unspecified atom stereocenters. The molecule has 2 rings (SSSR count). The molecule has 7 heteroatoms. The summed E-state index contributed by atoms with van der Waals surface area (Å²) in [6, 6.07) is 10.2. The Kier molecular flexibility index (Phi) is 4.80. The van der Waals surface area contributed by atoms with Gasteiger partial charge in [-0.2, -0.15) is 0 Å². The van der Waals surface area contributed by atoms with Crippen LogP contribution in [0.5, 0.6) is 11.5 Å². The molecule has 0 heterocycles. The van der Waals surface area contributed by atoms with Crippen LogP contribution >= 0.6 is 0 Å². The lowest BCUT2D eigenvalue weighted by molar-refractivity contribution is 0.0600. The van der Waals surface area contributed by atoms with Gasteiger partial charge in [0.25, 0.3) is 0 Å². The van der Waals surface area contributed by atoms with Gasteiger partial charge in [0.1, 0.15) is 22.7 Å². The van der Waals surface area contributed by atoms with Crippen LogP contribution in [0.4, 0.5) is 0 Å². The minimum Gasteiger partial charge on any atom is -0.465 e. The molecular weight excluding hydrogens is 320 g/mol. The van der Waals surface area contributed by atoms with Crippen molar-refractivity contribution in [2.45, 2.75) is 4.90 Å². The van der Waals surface area contributed by atoms with Crippen LogP contribution in [0.15, 0.2) is 47.4 Å². The molecule has 0 N–H and O–H groups in total. The highest BCUT2D eigenvalue weighted by Crippen LogP contribution is 2.30. The maximum absolute atomic E-state index is 11.9. The van der Waals surface area contributed by atoms with E-state index in [4.69, 9.17) is 4.74 Å². The quantitative estimate of drug-likeness (QED) is 0.617. The number of rotatable bonds is 5. The van der Waals surface area contributed by atoms with E-state index in [1.54, 1.807) is 24.3 Å². The molecule has 0 aliphatic carbocycles. The second-order valence-corrected chi connectivity index (χ2v) is 6.70. The van der Waals surface area contributed by atoms with Crippen molar-refractivity contribution in [2.75, 3.05) is 13.4 Å². The predicted molar refractivity (Wildman–Crippen MR) is 82.8 cm³/mol. The number of hydrogen-bond donors (Lipinski definition) is 0. The first-order valence-electron chi connectivity index (χ1n) is 6.50. The standard InChI is InChI=1S/C16H14O6S/c1-21-16(18)12-5-8-14(15(9-12)23(2,19)20)22-13-6-3-11(10-17)4-7-13/h3-10H,1-2H3. The van der Waals surface area contributed by atoms with E-state index in [-0.39, 0.29) is 16.2 Å². The maximum atomic E-state index is 11.9. The number of hydrogen-bond acceptors (Lipinski definition) is 6. The maximum Gasteiger partial charge on any atom is 0.337 e. The second-order valence-electron chi connectivity index (χ2n) is 4.71. The summed E-state index contributed by atoms with van der Waals surface area (Å²) in [5.74, 6) is -0.192. The topological polar surface area (TPSA) is 86.7 Å². The fourth-order valence-corrected chi connectivity index (χ4v) is 2.68. The zero-order valence-electron chi connectivity index (χ0n) is 12.5. The van der Waals surface area contributed by atoms with Gasteiger partial charge in [-0.1, -0.05) is 0 Å². The van der Waals surface area contributed by atoms with Crippen molar-refractivity contribution in [3.63, 3.8) is 0 Å². The molecule has 0 aliphatic heterocycles. The van der Waals surface area contributed by atoms with Gasteiger partial charge >= 0.3 is 5.97 Å². The van der Waals surface area contributed by atoms with Crippen molar-refractivity contribution in [1.29, 1.82) is 0 Å². The molecule has 0 saturated carbocycles. The zero-order chi connectivity index (χ0) is 17.0. The number of esters is 1. The largest absolute Gasteiger partial charge is 0.465 e. The van der Waals surface area contributed by atoms with Gasteiger partial charge in [0.05, 0.1) is 12.7 Å². The van der Waals surface area contributed by atoms with Gasteiger partial charge in [-0.05, 0) is 42.5 Å². The summed E-state index contributed by atoms with van der Waals surface area (Å²) < 4.78 is 34.0. The summed E-state index contributed by atoms with van der Waals surface area (Å²) in [5.41, 5.74) is 0.582. The Balaban J connectivity index is 2.44. The monoisotopic (exact) mass is 334 g/mol. The van der Waals surface area contributed by atoms with E-state index in [1.807, 2.05) is 0 Å². The molecule has 0 spiro atoms. The number of sulfone groups is 1. The van der Waals surface area contributed by atoms with E-state index in [2.05, 4.69) is 4.74 Å². The Labute approximate surface area is 133 Å². The average Bonchev–Trinajstić information content (AvgIpc) is 2.54. The normalized spacial score (nSPS) is 10.9. The van der Waals surface area contributed by atoms with Gasteiger partial charge in [-0.3, -0.25) is 4.79 Å². The molecule has 2 aromatic rings. The van der Waals surface area contributed by atoms with Crippen LogP contribution in [0.25, 0.3) is 0 Å². The first kappa shape index (κ1) is 16.7. The van der Waals surface area contributed by atoms with E-state index in [1.165, 1.54) is 25.3 Å². The molecular formula is C16H14O6S. The van der Waals surface area contributed by atoms with Gasteiger partial charge < -0.3 is 9.47 Å². The Morgan fingerprint density at radius 3 is 2.26 bits per heavy atom. The van der Waals surface area contributed by atoms with Crippen molar-refractivity contribution >= 4 is 22.1 Å². The highest BCUT2D eigenvalue weighted by molar-refractivity contribution is 7.90. The fraction of sp³-hybridized carbons (Fsp3) is 0.125. The van der Waals surface area contributed by atoms with E-state index in [9.17, 15) is 18.0 Å². The third-order valence-corrected chi connectivity index (χ3v) is 4.13. The fourth-order valence-electron chi connectivity index (χ4n) is 1.87. The molecule has 0 aromatic heterocycles. The van der Waals surface area contributed by atoms with Gasteiger partial charge in [-0.25, -0.2) is 13.2 Å². The lowest BCUT2D eigenvalue weighted by Crippen LogP contribution is -2.06. The van der Waals surface area contributed by atoms with Crippen molar-refractivity contribution in [1.82, 2.24) is 0 Å². The number of methoxy groups -OCH3 is 1. The molecule has 0 amide bonds. The summed E-state index contributed by atoms with van der Waals surface area (Å²) in [5, 5.41) is 0. The highest BCUT2D eigenvalue weighted by atomic mass is 32.2. The lowest BCUT2D eigenvalue weighted by atomic mass is 10.2. The SMILES string of the molecule is COC(=O)c1ccc(Oc2ccc(C=O)cc2)c(S(C)(=O)=O)c1. The van der Waals surface area contributed by atoms with Crippen LogP contribution in [0, 0.1) is 0 Å². The third-order valence-electron chi connectivity index (χ3n) is 3.01. The second kappa shape index (κ2) is 6.62. The number of aldehydes is 1. The Bertz CT molecular complexity index is 837. The number of carbonyl (C=O) groups excluding carboxylic acids is 2. The minimum atomic E-state index is -3.62. The summed E-state index contributed by atoms with van der Waals surface area (Å²) in [7, 11) is -2.41. The predicted octanol–water partition coefficient (Wildman–Crippen LogP) is 2.48. The Morgan fingerprint density at radius 1 is 1.09 bits per heavy atom. The van der Waals surface area contributed by atoms with E-state index in [0.717, 1.165) is 6.26 Å². The van der Waals surface area contributed by atoms with Crippen LogP contribution in [0.3, 0.4) is 0 Å². The molecule has 0 atom stereocenters. The zero-order valence-corrected chi connectivity index (χ0v) is 13.3. The Morgan fingerprint density at radius 2 is 1.74 bits per heavy atom. The van der Waals surface area contributed by atoms with Crippen molar-refractivity contribution in [3.8, 4) is 11.5 Å². The van der Waals surface area contributed by atoms with Crippen molar-refractivity contribution in [2.24, 2.45) is 0 Å². The molecule has 0 bridgehead atoms. The van der Waals surface area contributed by atoms with Crippen molar-refractivity contribution < 1.29 is 27.5 Å². The molecule has 23 heavy (non-hydrogen) atoms. The number of ether oxygens (including phenoxy) is 2. The number of carbonyl (C=O) groups is 2. The molecule has 0 radical (unpaired) electrons. The molecule has 2 aromatic carbocycles. The minimum absolute atomic E-state index is 0.0824. The van der Waals surface area contributed by atoms with Crippen LogP contribution in [-0.2, 0) is 14.6 Å². The van der Waals surface area contributed by atoms with E-state index in [0.29, 0.717) is 17.6 Å². The van der Waals surface area contributed by atoms with Crippen LogP contribution in [0.1, 0.15) is 20.7 Å². The molecule has 0 saturated heterocycles. The smallest absolute Gasteiger partial charge is 0.337 e. The molecule has 0 aliphatic rings. The van der Waals surface area contributed by atoms with E-state index < -0.39 is 15.8 Å². The van der Waals surface area contributed by atoms with Crippen LogP contribution in [0.2, 0.25) is 0 Å². The van der Waals surface area contributed by atoms with Gasteiger partial charge in [-0.15, -0.1) is 0 Å². The van der Waals surface area contributed by atoms with Crippen LogP contribution in [-0.4, -0.2) is 34.0 Å². The highest BCUT2D eigenvalue weighted by Gasteiger charge is 2.18. The summed E-state index contributed by atoms with van der Waals surface area (Å²) in [4.78, 5) is 22.0. The first-order valence-corrected chi connectivity index (χ1v) is 8.40. The molecule has 120 valence electrons. The summed E-state index contributed by atoms with van der Waals surface area (Å²) in [6.45, 7) is 0. The van der Waals surface area contributed by atoms with Gasteiger partial charge in [0, 0.05) is 11.8 Å². The van der Waals surface area contributed by atoms with Crippen LogP contribution < -0.4 is 4.74 Å². The molecule has 6 nitrogen and oxygen atoms in total. The number of benzene rings is 2. The van der Waals surface area contributed by atoms with Crippen molar-refractivity contribution in [3.05, 3.63) is 53.6 Å². The third kappa shape index (κ3) is 3.95. The van der Waals surface area contributed by atoms with Gasteiger partial charge in [0.2, 0.25) is 0 Å². The summed E-state index contributed by atoms with van der Waals surface area (Å²) in [6.07, 6.45) is 1.71. The lowest BCUT2D eigenvalue weighted by Gasteiger charge is -2.11. The Hall–Kier alpha value is -2.67. The van der Waals surface area contributed by atoms with Gasteiger partial charge in [0.15, 0.2) is 9.84 Å².